The van der Waals surface area contributed by atoms with Crippen molar-refractivity contribution in [3.8, 4) is 29.0 Å². The second kappa shape index (κ2) is 29.5. The number of Topliss-reactive ketones (excluding diaryl/α,β-unsaturated/α-hetero) is 4. The van der Waals surface area contributed by atoms with Crippen molar-refractivity contribution in [2.24, 2.45) is 10.8 Å². The third-order valence-electron chi connectivity index (χ3n) is 15.9. The number of ketones is 4. The molecule has 0 radical (unpaired) electrons. The molecule has 2 saturated carbocycles. The van der Waals surface area contributed by atoms with Crippen LogP contribution in [0, 0.1) is 34.1 Å². The lowest BCUT2D eigenvalue weighted by molar-refractivity contribution is -0.135. The average molecular weight is 1370 g/mol. The molecule has 4 aromatic carbocycles. The highest BCUT2D eigenvalue weighted by atomic mass is 79.9. The van der Waals surface area contributed by atoms with Crippen LogP contribution in [0.5, 0.6) is 29.0 Å². The van der Waals surface area contributed by atoms with Gasteiger partial charge in [0.2, 0.25) is 11.8 Å². The minimum absolute atomic E-state index is 0.0239. The van der Waals surface area contributed by atoms with E-state index >= 15 is 4.39 Å². The van der Waals surface area contributed by atoms with Crippen molar-refractivity contribution in [2.75, 3.05) is 78.9 Å². The lowest BCUT2D eigenvalue weighted by Crippen LogP contribution is -2.38. The van der Waals surface area contributed by atoms with Crippen molar-refractivity contribution in [3.05, 3.63) is 181 Å². The van der Waals surface area contributed by atoms with E-state index in [0.717, 1.165) is 73.9 Å². The summed E-state index contributed by atoms with van der Waals surface area (Å²) >= 11 is 13.2. The van der Waals surface area contributed by atoms with Gasteiger partial charge in [-0.1, -0.05) is 48.0 Å². The van der Waals surface area contributed by atoms with Crippen molar-refractivity contribution in [3.63, 3.8) is 0 Å². The monoisotopic (exact) mass is 1370 g/mol. The SMILES string of the molecule is Clc1ccnc2c(Br)c(OCCN3CCOCC3)ncc12.O=C(Cc1ccc(F)cc1)C1(C(=O)Cc2ccc(O)c(F)c2)CC1.O=C(Cc1ccc(F)cc1)C1(C(=O)Cc2ccc(Oc3ccnc4c(Br)c(OCCN5CCOCC5)ncc34)c(F)c2)CC1. The quantitative estimate of drug-likeness (QED) is 0.0497. The van der Waals surface area contributed by atoms with Gasteiger partial charge >= 0.3 is 0 Å². The van der Waals surface area contributed by atoms with E-state index in [1.54, 1.807) is 55.1 Å². The van der Waals surface area contributed by atoms with Gasteiger partial charge in [-0.05, 0) is 140 Å². The first-order valence-electron chi connectivity index (χ1n) is 28.9. The fourth-order valence-electron chi connectivity index (χ4n) is 10.4. The fourth-order valence-corrected chi connectivity index (χ4v) is 11.6. The normalized spacial score (nSPS) is 15.9. The van der Waals surface area contributed by atoms with Gasteiger partial charge < -0.3 is 28.8 Å². The van der Waals surface area contributed by atoms with Crippen molar-refractivity contribution >= 4 is 88.4 Å². The van der Waals surface area contributed by atoms with Gasteiger partial charge in [0.15, 0.2) is 46.3 Å². The molecule has 23 heteroatoms. The van der Waals surface area contributed by atoms with Crippen LogP contribution in [0.3, 0.4) is 0 Å². The Hall–Kier alpha value is -7.31. The maximum Gasteiger partial charge on any atom is 0.230 e. The highest BCUT2D eigenvalue weighted by Gasteiger charge is 2.55. The Balaban J connectivity index is 0.000000163. The number of phenols is 1. The van der Waals surface area contributed by atoms with Gasteiger partial charge in [-0.15, -0.1) is 0 Å². The van der Waals surface area contributed by atoms with Crippen molar-refractivity contribution in [2.45, 2.75) is 51.4 Å². The fraction of sp³-hybridized carbons (Fsp3) is 0.333. The van der Waals surface area contributed by atoms with Gasteiger partial charge in [-0.2, -0.15) is 0 Å². The summed E-state index contributed by atoms with van der Waals surface area (Å²) in [5, 5.41) is 11.2. The molecule has 4 fully saturated rings. The molecule has 0 unspecified atom stereocenters. The Morgan fingerprint density at radius 2 is 0.944 bits per heavy atom. The zero-order valence-corrected chi connectivity index (χ0v) is 52.1. The topological polar surface area (TPSA) is 193 Å². The summed E-state index contributed by atoms with van der Waals surface area (Å²) < 4.78 is 84.3. The number of fused-ring (bicyclic) bond motifs is 2. The molecule has 464 valence electrons. The number of nitrogens with zero attached hydrogens (tertiary/aromatic N) is 6. The van der Waals surface area contributed by atoms with Crippen LogP contribution in [-0.2, 0) is 54.3 Å². The molecule has 0 bridgehead atoms. The maximum absolute atomic E-state index is 15.2. The van der Waals surface area contributed by atoms with Gasteiger partial charge in [-0.3, -0.25) is 38.9 Å². The second-order valence-electron chi connectivity index (χ2n) is 22.0. The smallest absolute Gasteiger partial charge is 0.230 e. The Kier molecular flexibility index (Phi) is 21.5. The molecular weight excluding hydrogens is 1310 g/mol. The molecule has 89 heavy (non-hydrogen) atoms. The molecule has 2 aliphatic carbocycles. The largest absolute Gasteiger partial charge is 0.505 e. The number of phenolic OH excluding ortho intramolecular Hbond substituents is 1. The summed E-state index contributed by atoms with van der Waals surface area (Å²) in [6.07, 6.45) is 8.44. The third-order valence-corrected chi connectivity index (χ3v) is 17.7. The highest BCUT2D eigenvalue weighted by Crippen LogP contribution is 2.50. The van der Waals surface area contributed by atoms with Crippen LogP contribution in [0.4, 0.5) is 17.6 Å². The van der Waals surface area contributed by atoms with E-state index in [2.05, 4.69) is 61.6 Å². The van der Waals surface area contributed by atoms with Gasteiger partial charge in [0, 0.05) is 95.1 Å². The summed E-state index contributed by atoms with van der Waals surface area (Å²) in [5.74, 6) is -2.23. The molecule has 0 amide bonds. The van der Waals surface area contributed by atoms with E-state index in [1.807, 2.05) is 0 Å². The zero-order chi connectivity index (χ0) is 62.7. The standard InChI is InChI=1S/C33H30BrF2N3O5.C19H16F2O3.C14H15BrClN3O2/c34-30-31-24(20-38-32(30)43-16-13-39-11-14-42-15-12-39)26(7-10-37-31)44-27-6-3-22(17-25(27)36)19-29(41)33(8-9-33)28(40)18-21-1-4-23(35)5-2-21;20-14-4-1-12(2-5-14)10-17(23)19(7-8-19)18(24)11-13-3-6-16(22)15(21)9-13;15-12-13-10(11(16)1-2-17-13)9-18-14(12)21-8-5-19-3-6-20-7-4-19/h1-7,10,17,20H,8-9,11-16,18-19H2;1-6,9,22H,7-8,10-11H2;1-2,9H,3-8H2. The number of aromatic hydroxyl groups is 1. The van der Waals surface area contributed by atoms with Gasteiger partial charge in [-0.25, -0.2) is 27.5 Å². The second-order valence-corrected chi connectivity index (χ2v) is 23.9. The van der Waals surface area contributed by atoms with Crippen LogP contribution < -0.4 is 14.2 Å². The molecule has 1 N–H and O–H groups in total. The molecule has 4 aromatic heterocycles. The van der Waals surface area contributed by atoms with Gasteiger partial charge in [0.05, 0.1) is 58.7 Å². The molecule has 6 heterocycles. The maximum atomic E-state index is 15.2. The Morgan fingerprint density at radius 3 is 1.40 bits per heavy atom. The highest BCUT2D eigenvalue weighted by molar-refractivity contribution is 9.11. The van der Waals surface area contributed by atoms with Crippen LogP contribution in [0.25, 0.3) is 21.8 Å². The molecule has 2 aliphatic heterocycles. The first kappa shape index (κ1) is 64.7. The van der Waals surface area contributed by atoms with Crippen LogP contribution >= 0.6 is 43.5 Å². The summed E-state index contributed by atoms with van der Waals surface area (Å²) in [4.78, 5) is 73.2. The molecule has 2 saturated heterocycles. The Morgan fingerprint density at radius 1 is 0.528 bits per heavy atom. The Labute approximate surface area is 532 Å². The van der Waals surface area contributed by atoms with Crippen molar-refractivity contribution in [1.82, 2.24) is 29.7 Å². The van der Waals surface area contributed by atoms with Crippen molar-refractivity contribution in [1.29, 1.82) is 0 Å². The average Bonchev–Trinajstić information content (AvgIpc) is 1.69. The summed E-state index contributed by atoms with van der Waals surface area (Å²) in [7, 11) is 0. The number of carbonyl (C=O) groups excluding carboxylic acids is 4. The lowest BCUT2D eigenvalue weighted by atomic mass is 9.88. The number of pyridine rings is 4. The molecule has 12 rings (SSSR count). The van der Waals surface area contributed by atoms with Crippen LogP contribution in [0.1, 0.15) is 47.9 Å². The molecule has 0 atom stereocenters. The number of rotatable bonds is 22. The number of carbonyl (C=O) groups is 4. The van der Waals surface area contributed by atoms with Crippen LogP contribution in [0.2, 0.25) is 5.02 Å². The predicted molar refractivity (Wildman–Crippen MR) is 331 cm³/mol. The summed E-state index contributed by atoms with van der Waals surface area (Å²) in [6.45, 7) is 9.30. The number of aromatic nitrogens is 4. The first-order chi connectivity index (χ1) is 43.0. The molecular formula is C66H61Br2ClF4N6O10. The van der Waals surface area contributed by atoms with E-state index in [1.165, 1.54) is 60.7 Å². The lowest BCUT2D eigenvalue weighted by Gasteiger charge is -2.26. The number of hydrogen-bond donors (Lipinski definition) is 1. The number of benzene rings is 4. The Bertz CT molecular complexity index is 3870. The number of hydrogen-bond acceptors (Lipinski definition) is 16. The number of ether oxygens (including phenoxy) is 5. The van der Waals surface area contributed by atoms with E-state index in [-0.39, 0.29) is 66.2 Å². The van der Waals surface area contributed by atoms with E-state index < -0.39 is 28.2 Å². The van der Waals surface area contributed by atoms with E-state index in [0.29, 0.717) is 112 Å². The van der Waals surface area contributed by atoms with Crippen LogP contribution in [-0.4, -0.2) is 137 Å². The predicted octanol–water partition coefficient (Wildman–Crippen LogP) is 12.0. The summed E-state index contributed by atoms with van der Waals surface area (Å²) in [6, 6.07) is 22.8. The van der Waals surface area contributed by atoms with E-state index in [4.69, 9.17) is 35.3 Å². The minimum Gasteiger partial charge on any atom is -0.505 e. The zero-order valence-electron chi connectivity index (χ0n) is 48.1. The van der Waals surface area contributed by atoms with Gasteiger partial charge in [0.25, 0.3) is 0 Å². The molecule has 0 spiro atoms. The van der Waals surface area contributed by atoms with Crippen LogP contribution in [0.15, 0.2) is 131 Å². The third kappa shape index (κ3) is 16.4. The van der Waals surface area contributed by atoms with Crippen molar-refractivity contribution < 1.29 is 65.5 Å². The number of halogens is 7. The first-order valence-corrected chi connectivity index (χ1v) is 30.9. The molecule has 4 aliphatic rings. The van der Waals surface area contributed by atoms with Gasteiger partial charge in [0.1, 0.15) is 39.5 Å². The molecule has 16 nitrogen and oxygen atoms in total. The van der Waals surface area contributed by atoms with E-state index in [9.17, 15) is 37.5 Å². The molecule has 8 aromatic rings. The number of morpholine rings is 2. The summed E-state index contributed by atoms with van der Waals surface area (Å²) in [5.41, 5.74) is 1.46. The minimum atomic E-state index is -1.05.